The van der Waals surface area contributed by atoms with Crippen molar-refractivity contribution in [2.45, 2.75) is 17.2 Å². The van der Waals surface area contributed by atoms with Gasteiger partial charge in [-0.2, -0.15) is 0 Å². The summed E-state index contributed by atoms with van der Waals surface area (Å²) in [6.07, 6.45) is 2.96. The third kappa shape index (κ3) is 2.63. The Morgan fingerprint density at radius 1 is 1.29 bits per heavy atom. The van der Waals surface area contributed by atoms with Crippen LogP contribution in [-0.4, -0.2) is 23.9 Å². The first-order chi connectivity index (χ1) is 10.2. The summed E-state index contributed by atoms with van der Waals surface area (Å²) in [7, 11) is 0. The van der Waals surface area contributed by atoms with Gasteiger partial charge in [0.15, 0.2) is 0 Å². The second-order valence-electron chi connectivity index (χ2n) is 5.17. The summed E-state index contributed by atoms with van der Waals surface area (Å²) in [5, 5.41) is 12.7. The lowest BCUT2D eigenvalue weighted by molar-refractivity contribution is 0.0694. The van der Waals surface area contributed by atoms with Gasteiger partial charge in [0.05, 0.1) is 5.56 Å². The molecule has 2 aromatic rings. The molecule has 0 radical (unpaired) electrons. The topological polar surface area (TPSA) is 49.3 Å². The summed E-state index contributed by atoms with van der Waals surface area (Å²) >= 11 is 1.46. The number of benzene rings is 2. The summed E-state index contributed by atoms with van der Waals surface area (Å²) in [5.74, 6) is -0.405. The second kappa shape index (κ2) is 5.82. The molecular weight excluding hydrogens is 282 g/mol. The first kappa shape index (κ1) is 14.0. The van der Waals surface area contributed by atoms with E-state index in [1.165, 1.54) is 22.9 Å². The predicted octanol–water partition coefficient (Wildman–Crippen LogP) is 3.86. The molecule has 1 aliphatic rings. The van der Waals surface area contributed by atoms with Crippen LogP contribution in [-0.2, 0) is 6.42 Å². The van der Waals surface area contributed by atoms with E-state index in [-0.39, 0.29) is 0 Å². The number of hydrogen-bond acceptors (Lipinski definition) is 3. The average molecular weight is 299 g/mol. The quantitative estimate of drug-likeness (QED) is 0.823. The molecule has 3 rings (SSSR count). The Kier molecular flexibility index (Phi) is 3.88. The first-order valence-electron chi connectivity index (χ1n) is 6.92. The molecule has 0 saturated heterocycles. The Morgan fingerprint density at radius 3 is 2.81 bits per heavy atom. The number of fused-ring (bicyclic) bond motifs is 1. The van der Waals surface area contributed by atoms with Crippen molar-refractivity contribution >= 4 is 23.4 Å². The fraction of sp³-hybridized carbons (Fsp3) is 0.235. The van der Waals surface area contributed by atoms with Gasteiger partial charge in [-0.25, -0.2) is 4.79 Å². The molecule has 1 atom stereocenters. The molecule has 1 aliphatic carbocycles. The van der Waals surface area contributed by atoms with Crippen LogP contribution in [0.25, 0.3) is 0 Å². The highest BCUT2D eigenvalue weighted by atomic mass is 32.2. The van der Waals surface area contributed by atoms with Crippen LogP contribution in [0.5, 0.6) is 0 Å². The number of nitrogens with one attached hydrogen (secondary N) is 1. The van der Waals surface area contributed by atoms with Crippen molar-refractivity contribution < 1.29 is 9.90 Å². The Bertz CT molecular complexity index is 684. The molecule has 1 unspecified atom stereocenters. The Hall–Kier alpha value is -1.94. The zero-order valence-corrected chi connectivity index (χ0v) is 12.6. The average Bonchev–Trinajstić information content (AvgIpc) is 2.47. The van der Waals surface area contributed by atoms with Crippen LogP contribution in [0.2, 0.25) is 0 Å². The third-order valence-electron chi connectivity index (χ3n) is 3.96. The lowest BCUT2D eigenvalue weighted by Crippen LogP contribution is -2.24. The van der Waals surface area contributed by atoms with Gasteiger partial charge in [-0.1, -0.05) is 30.3 Å². The largest absolute Gasteiger partial charge is 0.478 e. The number of carboxylic acid groups (broad SMARTS) is 1. The fourth-order valence-corrected chi connectivity index (χ4v) is 3.46. The predicted molar refractivity (Wildman–Crippen MR) is 86.6 cm³/mol. The summed E-state index contributed by atoms with van der Waals surface area (Å²) in [5.41, 5.74) is 3.86. The van der Waals surface area contributed by atoms with Gasteiger partial charge in [0.1, 0.15) is 0 Å². The normalized spacial score (nSPS) is 16.0. The number of carbonyl (C=O) groups is 1. The van der Waals surface area contributed by atoms with Gasteiger partial charge in [0, 0.05) is 23.0 Å². The molecule has 0 aliphatic heterocycles. The number of thioether (sulfide) groups is 1. The summed E-state index contributed by atoms with van der Waals surface area (Å²) < 4.78 is 0. The highest BCUT2D eigenvalue weighted by Crippen LogP contribution is 2.35. The van der Waals surface area contributed by atoms with E-state index in [1.807, 2.05) is 24.5 Å². The van der Waals surface area contributed by atoms with Crippen LogP contribution in [0.4, 0.5) is 5.69 Å². The lowest BCUT2D eigenvalue weighted by atomic mass is 9.77. The van der Waals surface area contributed by atoms with E-state index in [2.05, 4.69) is 29.6 Å². The highest BCUT2D eigenvalue weighted by molar-refractivity contribution is 7.98. The van der Waals surface area contributed by atoms with Crippen LogP contribution in [0.3, 0.4) is 0 Å². The van der Waals surface area contributed by atoms with Crippen molar-refractivity contribution in [1.82, 2.24) is 0 Å². The van der Waals surface area contributed by atoms with E-state index in [1.54, 1.807) is 0 Å². The van der Waals surface area contributed by atoms with Crippen LogP contribution < -0.4 is 5.32 Å². The van der Waals surface area contributed by atoms with Gasteiger partial charge >= 0.3 is 5.97 Å². The van der Waals surface area contributed by atoms with E-state index in [0.29, 0.717) is 17.2 Å². The van der Waals surface area contributed by atoms with Crippen molar-refractivity contribution in [2.24, 2.45) is 0 Å². The zero-order valence-electron chi connectivity index (χ0n) is 11.8. The van der Waals surface area contributed by atoms with Gasteiger partial charge in [-0.15, -0.1) is 11.8 Å². The second-order valence-corrected chi connectivity index (χ2v) is 6.02. The van der Waals surface area contributed by atoms with Crippen LogP contribution >= 0.6 is 11.8 Å². The number of anilines is 1. The van der Waals surface area contributed by atoms with Crippen molar-refractivity contribution in [3.63, 3.8) is 0 Å². The Morgan fingerprint density at radius 2 is 2.10 bits per heavy atom. The minimum atomic E-state index is -0.878. The molecular formula is C17H17NO2S. The molecule has 0 spiro atoms. The first-order valence-corrected chi connectivity index (χ1v) is 8.15. The molecule has 0 aromatic heterocycles. The Balaban J connectivity index is 1.76. The molecule has 0 saturated carbocycles. The lowest BCUT2D eigenvalue weighted by Gasteiger charge is -2.30. The molecule has 0 bridgehead atoms. The third-order valence-corrected chi connectivity index (χ3v) is 4.74. The monoisotopic (exact) mass is 299 g/mol. The van der Waals surface area contributed by atoms with Gasteiger partial charge in [0.25, 0.3) is 0 Å². The van der Waals surface area contributed by atoms with Crippen molar-refractivity contribution in [2.75, 3.05) is 18.1 Å². The summed E-state index contributed by atoms with van der Waals surface area (Å²) in [4.78, 5) is 12.3. The van der Waals surface area contributed by atoms with E-state index < -0.39 is 5.97 Å². The maximum Gasteiger partial charge on any atom is 0.338 e. The molecule has 4 heteroatoms. The zero-order chi connectivity index (χ0) is 14.8. The SMILES string of the molecule is CSc1cccc(NCC2Cc3ccccc32)c1C(=O)O. The van der Waals surface area contributed by atoms with Crippen molar-refractivity contribution in [3.05, 3.63) is 59.2 Å². The fourth-order valence-electron chi connectivity index (χ4n) is 2.85. The van der Waals surface area contributed by atoms with Crippen molar-refractivity contribution in [3.8, 4) is 0 Å². The molecule has 0 heterocycles. The summed E-state index contributed by atoms with van der Waals surface area (Å²) in [6, 6.07) is 14.0. The van der Waals surface area contributed by atoms with E-state index in [0.717, 1.165) is 17.9 Å². The highest BCUT2D eigenvalue weighted by Gasteiger charge is 2.25. The smallest absolute Gasteiger partial charge is 0.338 e. The maximum atomic E-state index is 11.5. The Labute approximate surface area is 128 Å². The molecule has 21 heavy (non-hydrogen) atoms. The van der Waals surface area contributed by atoms with Crippen LogP contribution in [0, 0.1) is 0 Å². The van der Waals surface area contributed by atoms with E-state index in [9.17, 15) is 9.90 Å². The number of carboxylic acids is 1. The summed E-state index contributed by atoms with van der Waals surface area (Å²) in [6.45, 7) is 0.773. The minimum Gasteiger partial charge on any atom is -0.478 e. The van der Waals surface area contributed by atoms with E-state index >= 15 is 0 Å². The van der Waals surface area contributed by atoms with Gasteiger partial charge in [0.2, 0.25) is 0 Å². The van der Waals surface area contributed by atoms with Gasteiger partial charge in [-0.05, 0) is 35.9 Å². The van der Waals surface area contributed by atoms with Crippen LogP contribution in [0.15, 0.2) is 47.4 Å². The molecule has 3 nitrogen and oxygen atoms in total. The standard InChI is InChI=1S/C17H17NO2S/c1-21-15-8-4-7-14(16(15)17(19)20)18-10-12-9-11-5-2-3-6-13(11)12/h2-8,12,18H,9-10H2,1H3,(H,19,20). The number of rotatable bonds is 5. The van der Waals surface area contributed by atoms with Gasteiger partial charge in [-0.3, -0.25) is 0 Å². The number of hydrogen-bond donors (Lipinski definition) is 2. The molecule has 2 aromatic carbocycles. The van der Waals surface area contributed by atoms with Crippen LogP contribution in [0.1, 0.15) is 27.4 Å². The molecule has 0 amide bonds. The van der Waals surface area contributed by atoms with Crippen molar-refractivity contribution in [1.29, 1.82) is 0 Å². The number of aromatic carboxylic acids is 1. The van der Waals surface area contributed by atoms with E-state index in [4.69, 9.17) is 0 Å². The minimum absolute atomic E-state index is 0.373. The molecule has 108 valence electrons. The molecule has 0 fully saturated rings. The van der Waals surface area contributed by atoms with Gasteiger partial charge < -0.3 is 10.4 Å². The maximum absolute atomic E-state index is 11.5. The molecule has 2 N–H and O–H groups in total.